The van der Waals surface area contributed by atoms with Crippen LogP contribution >= 0.6 is 27.5 Å². The van der Waals surface area contributed by atoms with E-state index in [1.165, 1.54) is 18.4 Å². The summed E-state index contributed by atoms with van der Waals surface area (Å²) in [7, 11) is 0. The van der Waals surface area contributed by atoms with Gasteiger partial charge in [0.25, 0.3) is 0 Å². The van der Waals surface area contributed by atoms with Crippen LogP contribution in [-0.2, 0) is 6.42 Å². The number of halogens is 2. The molecule has 0 nitrogen and oxygen atoms in total. The van der Waals surface area contributed by atoms with E-state index in [0.717, 1.165) is 21.3 Å². The molecule has 1 aromatic carbocycles. The Morgan fingerprint density at radius 2 is 2.06 bits per heavy atom. The van der Waals surface area contributed by atoms with Crippen molar-refractivity contribution in [1.29, 1.82) is 0 Å². The molecule has 88 valence electrons. The maximum Gasteiger partial charge on any atom is 0.0417 e. The van der Waals surface area contributed by atoms with Crippen LogP contribution in [0, 0.1) is 17.3 Å². The van der Waals surface area contributed by atoms with Gasteiger partial charge in [-0.25, -0.2) is 0 Å². The van der Waals surface area contributed by atoms with Gasteiger partial charge in [-0.15, -0.1) is 0 Å². The Bertz CT molecular complexity index is 392. The molecule has 2 heteroatoms. The maximum absolute atomic E-state index is 5.94. The summed E-state index contributed by atoms with van der Waals surface area (Å²) in [5.74, 6) is 1.74. The molecule has 1 aliphatic carbocycles. The van der Waals surface area contributed by atoms with Crippen LogP contribution < -0.4 is 0 Å². The Morgan fingerprint density at radius 3 is 2.56 bits per heavy atom. The van der Waals surface area contributed by atoms with Gasteiger partial charge < -0.3 is 0 Å². The molecule has 0 heterocycles. The fraction of sp³-hybridized carbons (Fsp3) is 0.571. The lowest BCUT2D eigenvalue weighted by Gasteiger charge is -2.18. The Kier molecular flexibility index (Phi) is 3.38. The van der Waals surface area contributed by atoms with Crippen LogP contribution in [0.25, 0.3) is 0 Å². The third-order valence-electron chi connectivity index (χ3n) is 3.53. The fourth-order valence-corrected chi connectivity index (χ4v) is 3.35. The highest BCUT2D eigenvalue weighted by Crippen LogP contribution is 2.52. The fourth-order valence-electron chi connectivity index (χ4n) is 2.50. The minimum absolute atomic E-state index is 0.462. The standard InChI is InChI=1S/C14H18BrCl/c1-14(2,3)12-7-10(12)6-9-4-5-11(16)8-13(9)15/h4-5,8,10,12H,6-7H2,1-3H3. The van der Waals surface area contributed by atoms with Gasteiger partial charge in [0.05, 0.1) is 0 Å². The minimum Gasteiger partial charge on any atom is -0.0843 e. The van der Waals surface area contributed by atoms with Crippen LogP contribution in [-0.4, -0.2) is 0 Å². The molecule has 0 radical (unpaired) electrons. The van der Waals surface area contributed by atoms with Crippen LogP contribution in [0.2, 0.25) is 5.02 Å². The average Bonchev–Trinajstić information content (AvgIpc) is 2.88. The molecule has 0 N–H and O–H groups in total. The van der Waals surface area contributed by atoms with Crippen molar-refractivity contribution in [2.45, 2.75) is 33.6 Å². The molecule has 2 unspecified atom stereocenters. The van der Waals surface area contributed by atoms with Crippen molar-refractivity contribution < 1.29 is 0 Å². The second-order valence-corrected chi connectivity index (χ2v) is 7.20. The van der Waals surface area contributed by atoms with Gasteiger partial charge in [-0.1, -0.05) is 54.4 Å². The normalized spacial score (nSPS) is 24.6. The third kappa shape index (κ3) is 2.81. The number of benzene rings is 1. The van der Waals surface area contributed by atoms with Gasteiger partial charge in [0.2, 0.25) is 0 Å². The highest BCUT2D eigenvalue weighted by molar-refractivity contribution is 9.10. The van der Waals surface area contributed by atoms with Crippen molar-refractivity contribution in [1.82, 2.24) is 0 Å². The van der Waals surface area contributed by atoms with Crippen molar-refractivity contribution in [2.24, 2.45) is 17.3 Å². The lowest BCUT2D eigenvalue weighted by molar-refractivity contribution is 0.329. The summed E-state index contributed by atoms with van der Waals surface area (Å²) in [6.45, 7) is 7.03. The molecular formula is C14H18BrCl. The second kappa shape index (κ2) is 4.34. The van der Waals surface area contributed by atoms with Crippen LogP contribution in [0.1, 0.15) is 32.8 Å². The van der Waals surface area contributed by atoms with Gasteiger partial charge in [-0.3, -0.25) is 0 Å². The van der Waals surface area contributed by atoms with Crippen molar-refractivity contribution in [3.05, 3.63) is 33.3 Å². The molecule has 16 heavy (non-hydrogen) atoms. The summed E-state index contributed by atoms with van der Waals surface area (Å²) in [4.78, 5) is 0. The Labute approximate surface area is 112 Å². The van der Waals surface area contributed by atoms with Crippen molar-refractivity contribution >= 4 is 27.5 Å². The Hall–Kier alpha value is -0.0100. The van der Waals surface area contributed by atoms with E-state index in [-0.39, 0.29) is 0 Å². The summed E-state index contributed by atoms with van der Waals surface area (Å²) in [6, 6.07) is 6.12. The molecule has 2 rings (SSSR count). The highest BCUT2D eigenvalue weighted by atomic mass is 79.9. The molecular weight excluding hydrogens is 284 g/mol. The van der Waals surface area contributed by atoms with E-state index in [0.29, 0.717) is 5.41 Å². The highest BCUT2D eigenvalue weighted by Gasteiger charge is 2.44. The predicted octanol–water partition coefficient (Wildman–Crippen LogP) is 5.33. The minimum atomic E-state index is 0.462. The largest absolute Gasteiger partial charge is 0.0843 e. The molecule has 0 aliphatic heterocycles. The molecule has 0 saturated heterocycles. The zero-order valence-electron chi connectivity index (χ0n) is 10.1. The van der Waals surface area contributed by atoms with Crippen LogP contribution in [0.3, 0.4) is 0 Å². The van der Waals surface area contributed by atoms with E-state index in [9.17, 15) is 0 Å². The van der Waals surface area contributed by atoms with Gasteiger partial charge in [0, 0.05) is 9.50 Å². The topological polar surface area (TPSA) is 0 Å². The summed E-state index contributed by atoms with van der Waals surface area (Å²) < 4.78 is 1.15. The third-order valence-corrected chi connectivity index (χ3v) is 4.51. The smallest absolute Gasteiger partial charge is 0.0417 e. The molecule has 0 aromatic heterocycles. The molecule has 1 aromatic rings. The molecule has 0 amide bonds. The maximum atomic E-state index is 5.94. The lowest BCUT2D eigenvalue weighted by Crippen LogP contribution is -2.10. The first-order valence-corrected chi connectivity index (χ1v) is 6.99. The zero-order valence-corrected chi connectivity index (χ0v) is 12.4. The monoisotopic (exact) mass is 300 g/mol. The summed E-state index contributed by atoms with van der Waals surface area (Å²) >= 11 is 9.53. The number of hydrogen-bond donors (Lipinski definition) is 0. The van der Waals surface area contributed by atoms with Crippen molar-refractivity contribution in [3.8, 4) is 0 Å². The molecule has 0 bridgehead atoms. The summed E-state index contributed by atoms with van der Waals surface area (Å²) in [6.07, 6.45) is 2.55. The lowest BCUT2D eigenvalue weighted by atomic mass is 9.88. The first-order valence-electron chi connectivity index (χ1n) is 5.82. The molecule has 0 spiro atoms. The second-order valence-electron chi connectivity index (χ2n) is 5.91. The van der Waals surface area contributed by atoms with Crippen LogP contribution in [0.5, 0.6) is 0 Å². The summed E-state index contributed by atoms with van der Waals surface area (Å²) in [5.41, 5.74) is 1.85. The Morgan fingerprint density at radius 1 is 1.38 bits per heavy atom. The number of hydrogen-bond acceptors (Lipinski definition) is 0. The molecule has 2 atom stereocenters. The number of rotatable bonds is 2. The Balaban J connectivity index is 2.02. The van der Waals surface area contributed by atoms with Gasteiger partial charge in [0.15, 0.2) is 0 Å². The molecule has 1 fully saturated rings. The van der Waals surface area contributed by atoms with E-state index >= 15 is 0 Å². The van der Waals surface area contributed by atoms with Gasteiger partial charge in [-0.05, 0) is 47.8 Å². The van der Waals surface area contributed by atoms with Crippen LogP contribution in [0.4, 0.5) is 0 Å². The van der Waals surface area contributed by atoms with E-state index in [4.69, 9.17) is 11.6 Å². The van der Waals surface area contributed by atoms with Gasteiger partial charge in [-0.2, -0.15) is 0 Å². The first-order chi connectivity index (χ1) is 7.38. The van der Waals surface area contributed by atoms with Crippen LogP contribution in [0.15, 0.2) is 22.7 Å². The van der Waals surface area contributed by atoms with Crippen molar-refractivity contribution in [2.75, 3.05) is 0 Å². The quantitative estimate of drug-likeness (QED) is 0.693. The van der Waals surface area contributed by atoms with Gasteiger partial charge >= 0.3 is 0 Å². The zero-order chi connectivity index (χ0) is 11.9. The van der Waals surface area contributed by atoms with Crippen molar-refractivity contribution in [3.63, 3.8) is 0 Å². The average molecular weight is 302 g/mol. The predicted molar refractivity (Wildman–Crippen MR) is 73.9 cm³/mol. The van der Waals surface area contributed by atoms with E-state index in [2.05, 4.69) is 42.8 Å². The van der Waals surface area contributed by atoms with Gasteiger partial charge in [0.1, 0.15) is 0 Å². The molecule has 1 aliphatic rings. The van der Waals surface area contributed by atoms with E-state index < -0.39 is 0 Å². The first kappa shape index (κ1) is 12.4. The summed E-state index contributed by atoms with van der Waals surface area (Å²) in [5, 5.41) is 0.804. The molecule has 1 saturated carbocycles. The van der Waals surface area contributed by atoms with E-state index in [1.807, 2.05) is 12.1 Å². The SMILES string of the molecule is CC(C)(C)C1CC1Cc1ccc(Cl)cc1Br. The van der Waals surface area contributed by atoms with E-state index in [1.54, 1.807) is 0 Å².